The Labute approximate surface area is 253 Å². The average molecular weight is 609 g/mol. The van der Waals surface area contributed by atoms with Crippen molar-refractivity contribution in [3.05, 3.63) is 84.5 Å². The van der Waals surface area contributed by atoms with E-state index in [1.165, 1.54) is 15.9 Å². The van der Waals surface area contributed by atoms with Crippen molar-refractivity contribution in [2.24, 2.45) is 4.99 Å². The molecule has 0 unspecified atom stereocenters. The molecular weight excluding hydrogens is 572 g/mol. The van der Waals surface area contributed by atoms with Gasteiger partial charge in [0.05, 0.1) is 41.7 Å². The van der Waals surface area contributed by atoms with Crippen LogP contribution in [0.1, 0.15) is 58.7 Å². The number of nitrogens with zero attached hydrogens (tertiary/aromatic N) is 2. The van der Waals surface area contributed by atoms with E-state index in [0.29, 0.717) is 50.0 Å². The van der Waals surface area contributed by atoms with Crippen LogP contribution < -0.4 is 29.1 Å². The summed E-state index contributed by atoms with van der Waals surface area (Å²) >= 11 is 1.22. The van der Waals surface area contributed by atoms with Crippen molar-refractivity contribution in [2.45, 2.75) is 53.7 Å². The molecule has 0 saturated heterocycles. The molecule has 1 aliphatic heterocycles. The van der Waals surface area contributed by atoms with Gasteiger partial charge in [-0.1, -0.05) is 35.6 Å². The molecule has 0 saturated carbocycles. The standard InChI is InChI=1S/C32H36N2O8S/c1-7-38-25-16-21(14-15-24(25)41-18-27(35)39-8-2)17-26-30(36)34-29(22-12-10-11-13-23(22)42-19(4)5)28(31(37)40-9-3)20(6)33-32(34)43-26/h10-17,19,29H,7-9,18H2,1-6H3/b26-17-/t29-/m1/s1. The predicted octanol–water partition coefficient (Wildman–Crippen LogP) is 3.93. The first-order chi connectivity index (χ1) is 20.7. The summed E-state index contributed by atoms with van der Waals surface area (Å²) in [6, 6.07) is 11.7. The number of benzene rings is 2. The minimum absolute atomic E-state index is 0.128. The van der Waals surface area contributed by atoms with Crippen LogP contribution in [0.4, 0.5) is 0 Å². The van der Waals surface area contributed by atoms with Crippen LogP contribution in [0.25, 0.3) is 6.08 Å². The van der Waals surface area contributed by atoms with E-state index in [0.717, 1.165) is 0 Å². The molecule has 4 rings (SSSR count). The van der Waals surface area contributed by atoms with Gasteiger partial charge in [0.1, 0.15) is 11.8 Å². The molecule has 1 atom stereocenters. The van der Waals surface area contributed by atoms with Gasteiger partial charge in [0.2, 0.25) is 0 Å². The van der Waals surface area contributed by atoms with Crippen molar-refractivity contribution < 1.29 is 33.3 Å². The van der Waals surface area contributed by atoms with Gasteiger partial charge in [0, 0.05) is 5.56 Å². The maximum absolute atomic E-state index is 14.0. The van der Waals surface area contributed by atoms with Crippen LogP contribution in [-0.4, -0.2) is 49.0 Å². The van der Waals surface area contributed by atoms with Gasteiger partial charge >= 0.3 is 11.9 Å². The fourth-order valence-corrected chi connectivity index (χ4v) is 5.69. The zero-order valence-corrected chi connectivity index (χ0v) is 26.0. The van der Waals surface area contributed by atoms with Crippen molar-refractivity contribution in [3.8, 4) is 17.2 Å². The van der Waals surface area contributed by atoms with Crippen LogP contribution in [0.15, 0.2) is 63.5 Å². The van der Waals surface area contributed by atoms with Gasteiger partial charge in [-0.25, -0.2) is 14.6 Å². The quantitative estimate of drug-likeness (QED) is 0.284. The highest BCUT2D eigenvalue weighted by Crippen LogP contribution is 2.36. The molecule has 2 heterocycles. The first-order valence-corrected chi connectivity index (χ1v) is 15.0. The van der Waals surface area contributed by atoms with Crippen LogP contribution in [0.5, 0.6) is 17.2 Å². The molecule has 43 heavy (non-hydrogen) atoms. The predicted molar refractivity (Wildman–Crippen MR) is 162 cm³/mol. The fourth-order valence-electron chi connectivity index (χ4n) is 4.65. The third-order valence-electron chi connectivity index (χ3n) is 6.31. The zero-order chi connectivity index (χ0) is 31.1. The molecule has 0 fully saturated rings. The number of rotatable bonds is 12. The van der Waals surface area contributed by atoms with E-state index in [4.69, 9.17) is 23.7 Å². The highest BCUT2D eigenvalue weighted by Gasteiger charge is 2.35. The largest absolute Gasteiger partial charge is 0.491 e. The lowest BCUT2D eigenvalue weighted by atomic mass is 9.95. The molecule has 0 spiro atoms. The Hall–Kier alpha value is -4.38. The second kappa shape index (κ2) is 14.2. The summed E-state index contributed by atoms with van der Waals surface area (Å²) in [7, 11) is 0. The molecule has 1 aliphatic rings. The highest BCUT2D eigenvalue weighted by atomic mass is 32.1. The minimum atomic E-state index is -0.801. The Morgan fingerprint density at radius 3 is 2.42 bits per heavy atom. The number of ether oxygens (including phenoxy) is 5. The Bertz CT molecular complexity index is 1700. The number of fused-ring (bicyclic) bond motifs is 1. The number of allylic oxidation sites excluding steroid dienone is 1. The third-order valence-corrected chi connectivity index (χ3v) is 7.29. The summed E-state index contributed by atoms with van der Waals surface area (Å²) in [6.45, 7) is 11.4. The number of carbonyl (C=O) groups is 2. The number of para-hydroxylation sites is 1. The highest BCUT2D eigenvalue weighted by molar-refractivity contribution is 7.07. The van der Waals surface area contributed by atoms with Crippen molar-refractivity contribution >= 4 is 29.4 Å². The molecular formula is C32H36N2O8S. The van der Waals surface area contributed by atoms with Crippen LogP contribution in [0, 0.1) is 0 Å². The third kappa shape index (κ3) is 7.16. The van der Waals surface area contributed by atoms with Gasteiger partial charge in [-0.15, -0.1) is 0 Å². The first-order valence-electron chi connectivity index (χ1n) is 14.2. The molecule has 1 aromatic heterocycles. The molecule has 0 N–H and O–H groups in total. The maximum Gasteiger partial charge on any atom is 0.344 e. The van der Waals surface area contributed by atoms with Gasteiger partial charge in [0.15, 0.2) is 22.9 Å². The monoisotopic (exact) mass is 608 g/mol. The van der Waals surface area contributed by atoms with E-state index < -0.39 is 18.0 Å². The molecule has 11 heteroatoms. The first kappa shape index (κ1) is 31.6. The lowest BCUT2D eigenvalue weighted by Gasteiger charge is -2.26. The number of hydrogen-bond donors (Lipinski definition) is 0. The molecule has 0 aliphatic carbocycles. The summed E-state index contributed by atoms with van der Waals surface area (Å²) < 4.78 is 29.7. The fraction of sp³-hybridized carbons (Fsp3) is 0.375. The van der Waals surface area contributed by atoms with Gasteiger partial charge in [-0.2, -0.15) is 0 Å². The van der Waals surface area contributed by atoms with Gasteiger partial charge in [-0.05, 0) is 71.4 Å². The van der Waals surface area contributed by atoms with Gasteiger partial charge in [0.25, 0.3) is 5.56 Å². The molecule has 3 aromatic rings. The SMILES string of the molecule is CCOC(=O)COc1ccc(/C=c2\sc3n(c2=O)[C@H](c2ccccc2OC(C)C)C(C(=O)OCC)=C(C)N=3)cc1OCC. The van der Waals surface area contributed by atoms with E-state index >= 15 is 0 Å². The number of esters is 2. The summed E-state index contributed by atoms with van der Waals surface area (Å²) in [6.07, 6.45) is 1.61. The smallest absolute Gasteiger partial charge is 0.344 e. The Morgan fingerprint density at radius 2 is 1.72 bits per heavy atom. The van der Waals surface area contributed by atoms with E-state index in [1.54, 1.807) is 45.0 Å². The summed E-state index contributed by atoms with van der Waals surface area (Å²) in [5, 5.41) is 0. The lowest BCUT2D eigenvalue weighted by molar-refractivity contribution is -0.145. The molecule has 10 nitrogen and oxygen atoms in total. The van der Waals surface area contributed by atoms with Crippen LogP contribution in [-0.2, 0) is 19.1 Å². The second-order valence-electron chi connectivity index (χ2n) is 9.74. The number of thiazole rings is 1. The zero-order valence-electron chi connectivity index (χ0n) is 25.2. The average Bonchev–Trinajstić information content (AvgIpc) is 3.26. The number of carbonyl (C=O) groups excluding carboxylic acids is 2. The van der Waals surface area contributed by atoms with Crippen molar-refractivity contribution in [1.82, 2.24) is 4.57 Å². The van der Waals surface area contributed by atoms with Crippen molar-refractivity contribution in [3.63, 3.8) is 0 Å². The van der Waals surface area contributed by atoms with E-state index in [9.17, 15) is 14.4 Å². The van der Waals surface area contributed by atoms with Crippen molar-refractivity contribution in [2.75, 3.05) is 26.4 Å². The molecule has 0 radical (unpaired) electrons. The molecule has 228 valence electrons. The summed E-state index contributed by atoms with van der Waals surface area (Å²) in [4.78, 5) is 44.2. The van der Waals surface area contributed by atoms with E-state index in [-0.39, 0.29) is 37.1 Å². The Balaban J connectivity index is 1.84. The van der Waals surface area contributed by atoms with Crippen molar-refractivity contribution in [1.29, 1.82) is 0 Å². The molecule has 0 bridgehead atoms. The summed E-state index contributed by atoms with van der Waals surface area (Å²) in [5.41, 5.74) is 1.77. The summed E-state index contributed by atoms with van der Waals surface area (Å²) in [5.74, 6) is 0.342. The van der Waals surface area contributed by atoms with Crippen LogP contribution >= 0.6 is 11.3 Å². The maximum atomic E-state index is 14.0. The number of aromatic nitrogens is 1. The second-order valence-corrected chi connectivity index (χ2v) is 10.7. The normalized spacial score (nSPS) is 14.7. The molecule has 2 aromatic carbocycles. The molecule has 0 amide bonds. The minimum Gasteiger partial charge on any atom is -0.491 e. The van der Waals surface area contributed by atoms with E-state index in [1.807, 2.05) is 45.0 Å². The van der Waals surface area contributed by atoms with Crippen LogP contribution in [0.3, 0.4) is 0 Å². The lowest BCUT2D eigenvalue weighted by Crippen LogP contribution is -2.40. The van der Waals surface area contributed by atoms with Gasteiger partial charge < -0.3 is 23.7 Å². The Kier molecular flexibility index (Phi) is 10.4. The van der Waals surface area contributed by atoms with E-state index in [2.05, 4.69) is 4.99 Å². The topological polar surface area (TPSA) is 115 Å². The Morgan fingerprint density at radius 1 is 0.977 bits per heavy atom. The van der Waals surface area contributed by atoms with Gasteiger partial charge in [-0.3, -0.25) is 9.36 Å². The number of hydrogen-bond acceptors (Lipinski definition) is 10. The van der Waals surface area contributed by atoms with Crippen LogP contribution in [0.2, 0.25) is 0 Å².